The van der Waals surface area contributed by atoms with Gasteiger partial charge in [0, 0.05) is 35.3 Å². The lowest BCUT2D eigenvalue weighted by Crippen LogP contribution is -2.43. The predicted octanol–water partition coefficient (Wildman–Crippen LogP) is 13.4. The molecule has 9 aliphatic carbocycles. The zero-order valence-electron chi connectivity index (χ0n) is 34.6. The second kappa shape index (κ2) is 15.8. The lowest BCUT2D eigenvalue weighted by molar-refractivity contribution is 0.104. The summed E-state index contributed by atoms with van der Waals surface area (Å²) in [5.74, 6) is 7.95. The Labute approximate surface area is 340 Å². The highest BCUT2D eigenvalue weighted by molar-refractivity contribution is 5.42. The van der Waals surface area contributed by atoms with Crippen molar-refractivity contribution in [3.05, 3.63) is 108 Å². The summed E-state index contributed by atoms with van der Waals surface area (Å²) in [6.45, 7) is 0. The van der Waals surface area contributed by atoms with E-state index >= 15 is 0 Å². The molecule has 2 nitrogen and oxygen atoms in total. The van der Waals surface area contributed by atoms with Gasteiger partial charge in [0.15, 0.2) is 0 Å². The van der Waals surface area contributed by atoms with Crippen molar-refractivity contribution >= 4 is 0 Å². The van der Waals surface area contributed by atoms with Crippen LogP contribution in [0, 0.1) is 59.2 Å². The number of fused-ring (bicyclic) bond motifs is 6. The van der Waals surface area contributed by atoms with Crippen molar-refractivity contribution in [1.82, 2.24) is 9.80 Å². The third kappa shape index (κ3) is 6.68. The standard InChI is InChI=1S/C54H72N2/c1-4-14-37(15-5-1)40-24-28-45(29-25-40)55-51-22-12-10-20-47(51)49-30-26-42(36-54(49)55)41-27-31-53-50(35-41)48-21-11-13-23-52(48)56(53)46-33-43(38-16-6-2-7-17-38)32-44(34-46)39-18-8-3-9-19-39/h6,8,10,12,14,16,18,20,22,24,28-30,33,38-44,47-48,50-54H,1-5,7,9,11,13,15,17,19,21,23,25-27,31-32,34-36H2. The third-order valence-corrected chi connectivity index (χ3v) is 18.0. The second-order valence-electron chi connectivity index (χ2n) is 20.8. The van der Waals surface area contributed by atoms with Gasteiger partial charge in [-0.15, -0.1) is 0 Å². The van der Waals surface area contributed by atoms with E-state index in [1.165, 1.54) is 147 Å². The highest BCUT2D eigenvalue weighted by Gasteiger charge is 2.54. The minimum Gasteiger partial charge on any atom is -0.369 e. The van der Waals surface area contributed by atoms with Crippen LogP contribution in [0.25, 0.3) is 0 Å². The number of hydrogen-bond acceptors (Lipinski definition) is 2. The molecule has 0 aromatic heterocycles. The summed E-state index contributed by atoms with van der Waals surface area (Å²) in [6.07, 6.45) is 66.8. The Morgan fingerprint density at radius 1 is 0.554 bits per heavy atom. The van der Waals surface area contributed by atoms with Gasteiger partial charge in [-0.05, 0) is 187 Å². The van der Waals surface area contributed by atoms with E-state index in [9.17, 15) is 0 Å². The Bertz CT molecular complexity index is 1740. The van der Waals surface area contributed by atoms with Gasteiger partial charge in [0.2, 0.25) is 0 Å². The van der Waals surface area contributed by atoms with Crippen molar-refractivity contribution in [2.75, 3.05) is 0 Å². The zero-order valence-corrected chi connectivity index (χ0v) is 34.6. The van der Waals surface area contributed by atoms with Crippen LogP contribution < -0.4 is 0 Å². The molecule has 2 heteroatoms. The van der Waals surface area contributed by atoms with Crippen molar-refractivity contribution in [3.8, 4) is 0 Å². The summed E-state index contributed by atoms with van der Waals surface area (Å²) >= 11 is 0. The van der Waals surface area contributed by atoms with Crippen LogP contribution in [-0.4, -0.2) is 34.0 Å². The first-order valence-corrected chi connectivity index (χ1v) is 24.5. The van der Waals surface area contributed by atoms with Crippen LogP contribution in [0.5, 0.6) is 0 Å². The van der Waals surface area contributed by atoms with E-state index < -0.39 is 0 Å². The van der Waals surface area contributed by atoms with Gasteiger partial charge in [-0.25, -0.2) is 0 Å². The fraction of sp³-hybridized carbons (Fsp3) is 0.667. The highest BCUT2D eigenvalue weighted by atomic mass is 15.2. The Morgan fingerprint density at radius 3 is 2.23 bits per heavy atom. The zero-order chi connectivity index (χ0) is 37.0. The van der Waals surface area contributed by atoms with Crippen LogP contribution in [0.2, 0.25) is 0 Å². The molecule has 298 valence electrons. The van der Waals surface area contributed by atoms with E-state index in [2.05, 4.69) is 94.9 Å². The van der Waals surface area contributed by atoms with Crippen LogP contribution in [0.1, 0.15) is 141 Å². The molecule has 0 N–H and O–H groups in total. The molecule has 0 aromatic carbocycles. The molecule has 0 amide bonds. The lowest BCUT2D eigenvalue weighted by atomic mass is 9.65. The Balaban J connectivity index is 0.835. The average molecular weight is 749 g/mol. The molecule has 11 rings (SSSR count). The van der Waals surface area contributed by atoms with Crippen molar-refractivity contribution in [2.45, 2.75) is 165 Å². The molecule has 0 radical (unpaired) electrons. The molecule has 2 heterocycles. The van der Waals surface area contributed by atoms with Crippen LogP contribution in [0.3, 0.4) is 0 Å². The van der Waals surface area contributed by atoms with Gasteiger partial charge in [0.1, 0.15) is 0 Å². The molecule has 56 heavy (non-hydrogen) atoms. The van der Waals surface area contributed by atoms with Crippen molar-refractivity contribution in [2.24, 2.45) is 59.2 Å². The molecule has 0 aromatic rings. The number of rotatable bonds is 6. The first kappa shape index (κ1) is 36.3. The normalized spacial score (nSPS) is 44.3. The Morgan fingerprint density at radius 2 is 1.41 bits per heavy atom. The minimum atomic E-state index is 0.489. The van der Waals surface area contributed by atoms with Gasteiger partial charge in [-0.3, -0.25) is 0 Å². The van der Waals surface area contributed by atoms with E-state index in [-0.39, 0.29) is 0 Å². The molecule has 14 atom stereocenters. The molecule has 2 saturated carbocycles. The number of hydrogen-bond donors (Lipinski definition) is 0. The summed E-state index contributed by atoms with van der Waals surface area (Å²) in [7, 11) is 0. The first-order valence-electron chi connectivity index (χ1n) is 24.5. The predicted molar refractivity (Wildman–Crippen MR) is 233 cm³/mol. The van der Waals surface area contributed by atoms with Gasteiger partial charge in [0.25, 0.3) is 0 Å². The summed E-state index contributed by atoms with van der Waals surface area (Å²) in [5, 5.41) is 0. The number of likely N-dealkylation sites (tertiary alicyclic amines) is 2. The van der Waals surface area contributed by atoms with Crippen molar-refractivity contribution < 1.29 is 0 Å². The fourth-order valence-corrected chi connectivity index (χ4v) is 15.4. The number of allylic oxidation sites excluding steroid dienone is 14. The van der Waals surface area contributed by atoms with Gasteiger partial charge in [-0.2, -0.15) is 0 Å². The van der Waals surface area contributed by atoms with E-state index in [1.807, 2.05) is 5.70 Å². The van der Waals surface area contributed by atoms with Gasteiger partial charge in [0.05, 0.1) is 12.1 Å². The fourth-order valence-electron chi connectivity index (χ4n) is 15.4. The largest absolute Gasteiger partial charge is 0.369 e. The van der Waals surface area contributed by atoms with Crippen molar-refractivity contribution in [3.63, 3.8) is 0 Å². The van der Waals surface area contributed by atoms with Gasteiger partial charge in [-0.1, -0.05) is 97.4 Å². The van der Waals surface area contributed by atoms with Crippen LogP contribution in [-0.2, 0) is 0 Å². The van der Waals surface area contributed by atoms with Gasteiger partial charge >= 0.3 is 0 Å². The topological polar surface area (TPSA) is 6.48 Å². The molecule has 0 spiro atoms. The highest BCUT2D eigenvalue weighted by Crippen LogP contribution is 2.57. The third-order valence-electron chi connectivity index (χ3n) is 18.0. The summed E-state index contributed by atoms with van der Waals surface area (Å²) in [6, 6.07) is 2.68. The van der Waals surface area contributed by atoms with Gasteiger partial charge < -0.3 is 9.80 Å². The maximum absolute atomic E-state index is 3.21. The number of nitrogens with zero attached hydrogens (tertiary/aromatic N) is 2. The molecule has 14 unspecified atom stereocenters. The summed E-state index contributed by atoms with van der Waals surface area (Å²) in [5.41, 5.74) is 6.81. The van der Waals surface area contributed by atoms with E-state index in [1.54, 1.807) is 11.1 Å². The lowest BCUT2D eigenvalue weighted by Gasteiger charge is -2.46. The molecule has 2 saturated heterocycles. The molecular formula is C54H72N2. The SMILES string of the molecule is C1=CC2C3=CCC(C4CCC5C(C4)C4CCCCC4N5C4=CC(C5C=CCCC5)CC(C5C=CCCC5)C4)CC3N(C3=CCC(C4=CCCCC4)C=C3)C2C=C1. The Kier molecular flexibility index (Phi) is 10.2. The van der Waals surface area contributed by atoms with E-state index in [0.29, 0.717) is 23.9 Å². The molecule has 11 aliphatic rings. The van der Waals surface area contributed by atoms with Crippen LogP contribution in [0.4, 0.5) is 0 Å². The Hall–Kier alpha value is -2.74. The van der Waals surface area contributed by atoms with Crippen molar-refractivity contribution in [1.29, 1.82) is 0 Å². The molecule has 2 aliphatic heterocycles. The first-order chi connectivity index (χ1) is 27.8. The maximum Gasteiger partial charge on any atom is 0.0583 e. The molecule has 4 fully saturated rings. The monoisotopic (exact) mass is 749 g/mol. The quantitative estimate of drug-likeness (QED) is 0.250. The smallest absolute Gasteiger partial charge is 0.0583 e. The second-order valence-corrected chi connectivity index (χ2v) is 20.8. The van der Waals surface area contributed by atoms with Crippen LogP contribution >= 0.6 is 0 Å². The molecular weight excluding hydrogens is 677 g/mol. The van der Waals surface area contributed by atoms with E-state index in [0.717, 1.165) is 59.4 Å². The summed E-state index contributed by atoms with van der Waals surface area (Å²) < 4.78 is 0. The van der Waals surface area contributed by atoms with E-state index in [4.69, 9.17) is 0 Å². The maximum atomic E-state index is 3.21. The molecule has 0 bridgehead atoms. The van der Waals surface area contributed by atoms with Crippen LogP contribution in [0.15, 0.2) is 108 Å². The minimum absolute atomic E-state index is 0.489. The average Bonchev–Trinajstić information content (AvgIpc) is 3.79. The summed E-state index contributed by atoms with van der Waals surface area (Å²) in [4.78, 5) is 6.12.